The minimum atomic E-state index is -0.298. The summed E-state index contributed by atoms with van der Waals surface area (Å²) in [6.07, 6.45) is 0.296. The van der Waals surface area contributed by atoms with Crippen molar-refractivity contribution in [2.45, 2.75) is 32.2 Å². The van der Waals surface area contributed by atoms with Crippen LogP contribution in [0.5, 0.6) is 0 Å². The predicted octanol–water partition coefficient (Wildman–Crippen LogP) is 1.53. The molecule has 0 radical (unpaired) electrons. The van der Waals surface area contributed by atoms with E-state index < -0.39 is 0 Å². The summed E-state index contributed by atoms with van der Waals surface area (Å²) < 4.78 is 0. The molecule has 1 atom stereocenters. The smallest absolute Gasteiger partial charge is 0.237 e. The normalized spacial score (nSPS) is 19.5. The summed E-state index contributed by atoms with van der Waals surface area (Å²) in [5.41, 5.74) is 0.931. The largest absolute Gasteiger partial charge is 0.313 e. The van der Waals surface area contributed by atoms with Gasteiger partial charge in [0.1, 0.15) is 0 Å². The Kier molecular flexibility index (Phi) is 4.32. The van der Waals surface area contributed by atoms with Gasteiger partial charge in [-0.2, -0.15) is 0 Å². The zero-order chi connectivity index (χ0) is 13.8. The van der Waals surface area contributed by atoms with Crippen LogP contribution in [-0.4, -0.2) is 35.8 Å². The van der Waals surface area contributed by atoms with Gasteiger partial charge in [0.15, 0.2) is 0 Å². The van der Waals surface area contributed by atoms with Crippen LogP contribution in [0.15, 0.2) is 30.3 Å². The fourth-order valence-corrected chi connectivity index (χ4v) is 2.33. The highest BCUT2D eigenvalue weighted by molar-refractivity contribution is 6.06. The molecule has 0 aliphatic carbocycles. The van der Waals surface area contributed by atoms with E-state index in [1.165, 1.54) is 4.90 Å². The first-order chi connectivity index (χ1) is 9.09. The fraction of sp³-hybridized carbons (Fsp3) is 0.467. The average Bonchev–Trinajstić information content (AvgIpc) is 2.67. The second kappa shape index (κ2) is 5.97. The summed E-state index contributed by atoms with van der Waals surface area (Å²) in [4.78, 5) is 25.6. The maximum Gasteiger partial charge on any atom is 0.237 e. The summed E-state index contributed by atoms with van der Waals surface area (Å²) >= 11 is 0. The van der Waals surface area contributed by atoms with E-state index in [0.29, 0.717) is 25.6 Å². The number of hydrogen-bond donors (Lipinski definition) is 1. The van der Waals surface area contributed by atoms with E-state index >= 15 is 0 Å². The minimum absolute atomic E-state index is 0.0654. The molecule has 1 unspecified atom stereocenters. The molecule has 1 saturated heterocycles. The van der Waals surface area contributed by atoms with Crippen LogP contribution in [0.4, 0.5) is 0 Å². The van der Waals surface area contributed by atoms with Gasteiger partial charge < -0.3 is 5.32 Å². The highest BCUT2D eigenvalue weighted by Crippen LogP contribution is 2.28. The summed E-state index contributed by atoms with van der Waals surface area (Å²) in [5.74, 6) is -0.432. The van der Waals surface area contributed by atoms with Crippen LogP contribution in [0.1, 0.15) is 31.7 Å². The molecule has 1 fully saturated rings. The van der Waals surface area contributed by atoms with Crippen LogP contribution in [0.3, 0.4) is 0 Å². The molecular weight excluding hydrogens is 240 g/mol. The maximum atomic E-state index is 12.3. The highest BCUT2D eigenvalue weighted by Gasteiger charge is 2.38. The van der Waals surface area contributed by atoms with Gasteiger partial charge in [0.25, 0.3) is 0 Å². The summed E-state index contributed by atoms with van der Waals surface area (Å²) in [7, 11) is 0. The van der Waals surface area contributed by atoms with Crippen LogP contribution < -0.4 is 5.32 Å². The summed E-state index contributed by atoms with van der Waals surface area (Å²) in [6, 6.07) is 9.89. The Morgan fingerprint density at radius 2 is 1.95 bits per heavy atom. The first kappa shape index (κ1) is 13.7. The van der Waals surface area contributed by atoms with Crippen molar-refractivity contribution >= 4 is 11.8 Å². The van der Waals surface area contributed by atoms with Gasteiger partial charge in [0.05, 0.1) is 5.92 Å². The van der Waals surface area contributed by atoms with E-state index in [9.17, 15) is 9.59 Å². The van der Waals surface area contributed by atoms with E-state index in [0.717, 1.165) is 5.56 Å². The predicted molar refractivity (Wildman–Crippen MR) is 73.7 cm³/mol. The Hall–Kier alpha value is -1.68. The monoisotopic (exact) mass is 260 g/mol. The van der Waals surface area contributed by atoms with Crippen LogP contribution in [0.25, 0.3) is 0 Å². The second-order valence-corrected chi connectivity index (χ2v) is 5.16. The first-order valence-corrected chi connectivity index (χ1v) is 6.72. The van der Waals surface area contributed by atoms with Crippen molar-refractivity contribution in [1.29, 1.82) is 0 Å². The zero-order valence-corrected chi connectivity index (χ0v) is 11.4. The number of carbonyl (C=O) groups is 2. The molecule has 1 heterocycles. The van der Waals surface area contributed by atoms with Crippen LogP contribution in [0, 0.1) is 0 Å². The van der Waals surface area contributed by atoms with Crippen molar-refractivity contribution in [2.24, 2.45) is 0 Å². The van der Waals surface area contributed by atoms with Gasteiger partial charge >= 0.3 is 0 Å². The SMILES string of the molecule is CC(C)NCCN1C(=O)CC(c2ccccc2)C1=O. The van der Waals surface area contributed by atoms with Crippen LogP contribution in [0.2, 0.25) is 0 Å². The number of hydrogen-bond acceptors (Lipinski definition) is 3. The van der Waals surface area contributed by atoms with Crippen molar-refractivity contribution in [2.75, 3.05) is 13.1 Å². The lowest BCUT2D eigenvalue weighted by molar-refractivity contribution is -0.138. The number of likely N-dealkylation sites (tertiary alicyclic amines) is 1. The van der Waals surface area contributed by atoms with Crippen LogP contribution >= 0.6 is 0 Å². The Morgan fingerprint density at radius 1 is 1.26 bits per heavy atom. The van der Waals surface area contributed by atoms with Gasteiger partial charge in [-0.05, 0) is 5.56 Å². The minimum Gasteiger partial charge on any atom is -0.313 e. The van der Waals surface area contributed by atoms with Gasteiger partial charge in [-0.3, -0.25) is 14.5 Å². The molecular formula is C15H20N2O2. The fourth-order valence-electron chi connectivity index (χ4n) is 2.33. The Labute approximate surface area is 113 Å². The third-order valence-corrected chi connectivity index (χ3v) is 3.33. The standard InChI is InChI=1S/C15H20N2O2/c1-11(2)16-8-9-17-14(18)10-13(15(17)19)12-6-4-3-5-7-12/h3-7,11,13,16H,8-10H2,1-2H3. The van der Waals surface area contributed by atoms with E-state index in [-0.39, 0.29) is 17.7 Å². The van der Waals surface area contributed by atoms with Gasteiger partial charge in [-0.15, -0.1) is 0 Å². The molecule has 0 aromatic heterocycles. The van der Waals surface area contributed by atoms with E-state index in [2.05, 4.69) is 5.32 Å². The van der Waals surface area contributed by atoms with E-state index in [4.69, 9.17) is 0 Å². The van der Waals surface area contributed by atoms with Crippen molar-refractivity contribution < 1.29 is 9.59 Å². The van der Waals surface area contributed by atoms with Gasteiger partial charge in [-0.25, -0.2) is 0 Å². The number of benzene rings is 1. The van der Waals surface area contributed by atoms with Crippen LogP contribution in [-0.2, 0) is 9.59 Å². The molecule has 1 aliphatic rings. The third kappa shape index (κ3) is 3.20. The molecule has 1 aromatic rings. The quantitative estimate of drug-likeness (QED) is 0.817. The Bertz CT molecular complexity index is 456. The highest BCUT2D eigenvalue weighted by atomic mass is 16.2. The number of nitrogens with zero attached hydrogens (tertiary/aromatic N) is 1. The lowest BCUT2D eigenvalue weighted by Crippen LogP contribution is -2.38. The number of rotatable bonds is 5. The van der Waals surface area contributed by atoms with Gasteiger partial charge in [-0.1, -0.05) is 44.2 Å². The molecule has 4 heteroatoms. The third-order valence-electron chi connectivity index (χ3n) is 3.33. The number of amides is 2. The molecule has 102 valence electrons. The lowest BCUT2D eigenvalue weighted by Gasteiger charge is -2.16. The summed E-state index contributed by atoms with van der Waals surface area (Å²) in [5, 5.41) is 3.22. The molecule has 0 bridgehead atoms. The molecule has 19 heavy (non-hydrogen) atoms. The Balaban J connectivity index is 2.00. The average molecular weight is 260 g/mol. The topological polar surface area (TPSA) is 49.4 Å². The van der Waals surface area contributed by atoms with E-state index in [1.807, 2.05) is 44.2 Å². The number of carbonyl (C=O) groups excluding carboxylic acids is 2. The maximum absolute atomic E-state index is 12.3. The van der Waals surface area contributed by atoms with Gasteiger partial charge in [0, 0.05) is 25.6 Å². The molecule has 4 nitrogen and oxygen atoms in total. The van der Waals surface area contributed by atoms with Crippen molar-refractivity contribution in [3.05, 3.63) is 35.9 Å². The van der Waals surface area contributed by atoms with Crippen molar-refractivity contribution in [1.82, 2.24) is 10.2 Å². The molecule has 1 N–H and O–H groups in total. The van der Waals surface area contributed by atoms with Crippen molar-refractivity contribution in [3.8, 4) is 0 Å². The zero-order valence-electron chi connectivity index (χ0n) is 11.4. The van der Waals surface area contributed by atoms with Gasteiger partial charge in [0.2, 0.25) is 11.8 Å². The lowest BCUT2D eigenvalue weighted by atomic mass is 9.98. The number of nitrogens with one attached hydrogen (secondary N) is 1. The molecule has 1 aliphatic heterocycles. The van der Waals surface area contributed by atoms with Crippen molar-refractivity contribution in [3.63, 3.8) is 0 Å². The van der Waals surface area contributed by atoms with E-state index in [1.54, 1.807) is 0 Å². The molecule has 2 rings (SSSR count). The molecule has 1 aromatic carbocycles. The summed E-state index contributed by atoms with van der Waals surface area (Å²) in [6.45, 7) is 5.19. The second-order valence-electron chi connectivity index (χ2n) is 5.16. The molecule has 0 saturated carbocycles. The molecule has 0 spiro atoms. The first-order valence-electron chi connectivity index (χ1n) is 6.72. The number of imide groups is 1. The Morgan fingerprint density at radius 3 is 2.58 bits per heavy atom. The molecule has 2 amide bonds.